The molecule has 132 valence electrons. The molecular weight excluding hydrogens is 332 g/mol. The number of methoxy groups -OCH3 is 1. The summed E-state index contributed by atoms with van der Waals surface area (Å²) in [5.41, 5.74) is 1.38. The second kappa shape index (κ2) is 7.77. The number of aromatic hydroxyl groups is 1. The van der Waals surface area contributed by atoms with Gasteiger partial charge in [-0.3, -0.25) is 14.6 Å². The number of nitrogens with zero attached hydrogens (tertiary/aromatic N) is 2. The fourth-order valence-electron chi connectivity index (χ4n) is 1.76. The Balaban J connectivity index is 1.97. The van der Waals surface area contributed by atoms with Gasteiger partial charge in [-0.05, 0) is 30.7 Å². The second-order valence-electron chi connectivity index (χ2n) is 4.89. The first-order chi connectivity index (χ1) is 11.9. The van der Waals surface area contributed by atoms with Crippen molar-refractivity contribution in [3.8, 4) is 11.5 Å². The zero-order chi connectivity index (χ0) is 18.4. The number of hydrogen-bond acceptors (Lipinski definition) is 8. The number of phenolic OH excluding ortho intramolecular Hbond substituents is 1. The van der Waals surface area contributed by atoms with Gasteiger partial charge in [-0.2, -0.15) is 5.10 Å². The van der Waals surface area contributed by atoms with E-state index in [0.717, 1.165) is 0 Å². The van der Waals surface area contributed by atoms with Crippen LogP contribution in [0.1, 0.15) is 12.5 Å². The molecule has 11 nitrogen and oxygen atoms in total. The molecule has 1 atom stereocenters. The van der Waals surface area contributed by atoms with E-state index in [1.165, 1.54) is 32.4 Å². The Labute approximate surface area is 140 Å². The molecule has 0 fully saturated rings. The van der Waals surface area contributed by atoms with E-state index in [0.29, 0.717) is 5.56 Å². The lowest BCUT2D eigenvalue weighted by Gasteiger charge is -2.11. The maximum absolute atomic E-state index is 11.9. The number of carbonyl (C=O) groups excluding carboxylic acids is 1. The number of hydrogen-bond donors (Lipinski definition) is 5. The van der Waals surface area contributed by atoms with Gasteiger partial charge in [-0.25, -0.2) is 15.3 Å². The molecule has 0 radical (unpaired) electrons. The van der Waals surface area contributed by atoms with Crippen LogP contribution in [0, 0.1) is 0 Å². The SMILES string of the molecule is COc1cc(/C=N/NC(=O)[C@H](C)Nc2n[nH]c(=O)[nH]c2=O)ccc1O. The lowest BCUT2D eigenvalue weighted by Crippen LogP contribution is -2.38. The standard InChI is InChI=1S/C14H16N6O5/c1-7(16-11-13(23)17-14(24)20-18-11)12(22)19-15-6-8-3-4-9(21)10(5-8)25-2/h3-7,21H,1-2H3,(H,16,18)(H,19,22)(H2,17,20,23,24)/b15-6+/t7-/m0/s1. The van der Waals surface area contributed by atoms with Crippen LogP contribution in [0.3, 0.4) is 0 Å². The quantitative estimate of drug-likeness (QED) is 0.334. The van der Waals surface area contributed by atoms with Crippen molar-refractivity contribution in [2.24, 2.45) is 5.10 Å². The molecular formula is C14H16N6O5. The molecule has 2 aromatic rings. The van der Waals surface area contributed by atoms with Crippen LogP contribution in [-0.4, -0.2) is 45.6 Å². The number of phenols is 1. The van der Waals surface area contributed by atoms with Crippen LogP contribution in [0.2, 0.25) is 0 Å². The number of carbonyl (C=O) groups is 1. The Morgan fingerprint density at radius 3 is 2.88 bits per heavy atom. The molecule has 0 aliphatic carbocycles. The molecule has 25 heavy (non-hydrogen) atoms. The van der Waals surface area contributed by atoms with Crippen LogP contribution in [0.5, 0.6) is 11.5 Å². The third kappa shape index (κ3) is 4.67. The number of ether oxygens (including phenoxy) is 1. The highest BCUT2D eigenvalue weighted by molar-refractivity contribution is 5.86. The summed E-state index contributed by atoms with van der Waals surface area (Å²) in [7, 11) is 1.41. The van der Waals surface area contributed by atoms with Crippen molar-refractivity contribution >= 4 is 17.9 Å². The van der Waals surface area contributed by atoms with Crippen LogP contribution in [0.4, 0.5) is 5.82 Å². The number of hydrazone groups is 1. The molecule has 5 N–H and O–H groups in total. The summed E-state index contributed by atoms with van der Waals surface area (Å²) in [5.74, 6) is -0.474. The summed E-state index contributed by atoms with van der Waals surface area (Å²) in [6, 6.07) is 3.71. The molecule has 0 aliphatic heterocycles. The second-order valence-corrected chi connectivity index (χ2v) is 4.89. The molecule has 1 amide bonds. The third-order valence-electron chi connectivity index (χ3n) is 3.05. The highest BCUT2D eigenvalue weighted by Crippen LogP contribution is 2.25. The van der Waals surface area contributed by atoms with Crippen molar-refractivity contribution in [3.05, 3.63) is 44.6 Å². The Hall–Kier alpha value is -3.63. The van der Waals surface area contributed by atoms with Crippen LogP contribution in [-0.2, 0) is 4.79 Å². The van der Waals surface area contributed by atoms with Gasteiger partial charge >= 0.3 is 5.69 Å². The molecule has 1 heterocycles. The lowest BCUT2D eigenvalue weighted by molar-refractivity contribution is -0.121. The van der Waals surface area contributed by atoms with Gasteiger partial charge in [0.15, 0.2) is 11.5 Å². The van der Waals surface area contributed by atoms with Gasteiger partial charge in [0.05, 0.1) is 13.3 Å². The smallest absolute Gasteiger partial charge is 0.342 e. The van der Waals surface area contributed by atoms with Crippen LogP contribution in [0.25, 0.3) is 0 Å². The number of H-pyrrole nitrogens is 2. The molecule has 0 saturated carbocycles. The maximum atomic E-state index is 11.9. The van der Waals surface area contributed by atoms with E-state index < -0.39 is 23.2 Å². The minimum Gasteiger partial charge on any atom is -0.504 e. The zero-order valence-electron chi connectivity index (χ0n) is 13.4. The molecule has 2 rings (SSSR count). The van der Waals surface area contributed by atoms with Gasteiger partial charge < -0.3 is 15.2 Å². The van der Waals surface area contributed by atoms with Crippen LogP contribution >= 0.6 is 0 Å². The molecule has 0 saturated heterocycles. The predicted octanol–water partition coefficient (Wildman–Crippen LogP) is -0.877. The van der Waals surface area contributed by atoms with Crippen molar-refractivity contribution in [2.75, 3.05) is 12.4 Å². The van der Waals surface area contributed by atoms with Crippen molar-refractivity contribution in [3.63, 3.8) is 0 Å². The first-order valence-corrected chi connectivity index (χ1v) is 7.06. The van der Waals surface area contributed by atoms with Gasteiger partial charge in [0, 0.05) is 0 Å². The average Bonchev–Trinajstić information content (AvgIpc) is 2.58. The van der Waals surface area contributed by atoms with E-state index >= 15 is 0 Å². The summed E-state index contributed by atoms with van der Waals surface area (Å²) in [6.45, 7) is 1.49. The predicted molar refractivity (Wildman–Crippen MR) is 89.0 cm³/mol. The number of nitrogens with one attached hydrogen (secondary N) is 4. The third-order valence-corrected chi connectivity index (χ3v) is 3.05. The number of rotatable bonds is 6. The van der Waals surface area contributed by atoms with Crippen molar-refractivity contribution in [2.45, 2.75) is 13.0 Å². The van der Waals surface area contributed by atoms with Crippen molar-refractivity contribution in [1.82, 2.24) is 20.6 Å². The minimum absolute atomic E-state index is 0.0138. The van der Waals surface area contributed by atoms with E-state index in [-0.39, 0.29) is 17.3 Å². The topological polar surface area (TPSA) is 162 Å². The van der Waals surface area contributed by atoms with Gasteiger partial charge in [0.25, 0.3) is 11.5 Å². The molecule has 1 aromatic carbocycles. The summed E-state index contributed by atoms with van der Waals surface area (Å²) in [6.07, 6.45) is 1.36. The normalized spacial score (nSPS) is 11.9. The van der Waals surface area contributed by atoms with Crippen LogP contribution in [0.15, 0.2) is 32.9 Å². The lowest BCUT2D eigenvalue weighted by atomic mass is 10.2. The molecule has 1 aromatic heterocycles. The van der Waals surface area contributed by atoms with E-state index in [2.05, 4.69) is 20.9 Å². The number of aromatic amines is 2. The highest BCUT2D eigenvalue weighted by atomic mass is 16.5. The van der Waals surface area contributed by atoms with E-state index in [4.69, 9.17) is 4.74 Å². The monoisotopic (exact) mass is 348 g/mol. The van der Waals surface area contributed by atoms with Crippen molar-refractivity contribution < 1.29 is 14.6 Å². The first kappa shape index (κ1) is 17.7. The largest absolute Gasteiger partial charge is 0.504 e. The Bertz CT molecular complexity index is 903. The number of aromatic nitrogens is 3. The summed E-state index contributed by atoms with van der Waals surface area (Å²) in [5, 5.41) is 21.4. The maximum Gasteiger partial charge on any atom is 0.342 e. The molecule has 0 aliphatic rings. The summed E-state index contributed by atoms with van der Waals surface area (Å²) < 4.78 is 4.96. The number of anilines is 1. The van der Waals surface area contributed by atoms with E-state index in [1.807, 2.05) is 10.1 Å². The van der Waals surface area contributed by atoms with Gasteiger partial charge in [0.1, 0.15) is 6.04 Å². The first-order valence-electron chi connectivity index (χ1n) is 7.06. The fourth-order valence-corrected chi connectivity index (χ4v) is 1.76. The Morgan fingerprint density at radius 1 is 1.44 bits per heavy atom. The number of amides is 1. The summed E-state index contributed by atoms with van der Waals surface area (Å²) in [4.78, 5) is 36.3. The zero-order valence-corrected chi connectivity index (χ0v) is 13.4. The molecule has 0 bridgehead atoms. The van der Waals surface area contributed by atoms with Gasteiger partial charge in [0.2, 0.25) is 5.82 Å². The molecule has 0 spiro atoms. The summed E-state index contributed by atoms with van der Waals surface area (Å²) >= 11 is 0. The number of benzene rings is 1. The van der Waals surface area contributed by atoms with Gasteiger partial charge in [-0.15, -0.1) is 5.10 Å². The van der Waals surface area contributed by atoms with E-state index in [1.54, 1.807) is 6.07 Å². The van der Waals surface area contributed by atoms with Crippen LogP contribution < -0.4 is 26.7 Å². The molecule has 11 heteroatoms. The van der Waals surface area contributed by atoms with E-state index in [9.17, 15) is 19.5 Å². The van der Waals surface area contributed by atoms with Gasteiger partial charge in [-0.1, -0.05) is 0 Å². The fraction of sp³-hybridized carbons (Fsp3) is 0.214. The Kier molecular flexibility index (Phi) is 5.50. The van der Waals surface area contributed by atoms with Crippen molar-refractivity contribution in [1.29, 1.82) is 0 Å². The average molecular weight is 348 g/mol. The minimum atomic E-state index is -0.842. The molecule has 0 unspecified atom stereocenters. The highest BCUT2D eigenvalue weighted by Gasteiger charge is 2.14. The Morgan fingerprint density at radius 2 is 2.20 bits per heavy atom.